The fraction of sp³-hybridized carbons (Fsp3) is 0.0204. The largest absolute Gasteiger partial charge is 0.309 e. The Labute approximate surface area is 300 Å². The molecule has 3 heteroatoms. The third-order valence-corrected chi connectivity index (χ3v) is 10.9. The maximum Gasteiger partial charge on any atom is 0.0788 e. The highest BCUT2D eigenvalue weighted by molar-refractivity contribution is 6.24. The molecule has 0 radical (unpaired) electrons. The van der Waals surface area contributed by atoms with Crippen molar-refractivity contribution in [2.24, 2.45) is 0 Å². The van der Waals surface area contributed by atoms with Crippen molar-refractivity contribution in [1.29, 1.82) is 0 Å². The van der Waals surface area contributed by atoms with Crippen LogP contribution in [0, 0.1) is 6.92 Å². The zero-order valence-electron chi connectivity index (χ0n) is 28.7. The van der Waals surface area contributed by atoms with Crippen molar-refractivity contribution in [2.75, 3.05) is 0 Å². The number of hydrogen-bond donors (Lipinski definition) is 0. The van der Waals surface area contributed by atoms with Crippen LogP contribution in [0.3, 0.4) is 0 Å². The van der Waals surface area contributed by atoms with Gasteiger partial charge in [0.25, 0.3) is 0 Å². The second-order valence-corrected chi connectivity index (χ2v) is 13.9. The molecule has 0 atom stereocenters. The highest BCUT2D eigenvalue weighted by atomic mass is 15.0. The predicted molar refractivity (Wildman–Crippen MR) is 220 cm³/mol. The molecular weight excluding hydrogens is 631 g/mol. The van der Waals surface area contributed by atoms with Crippen LogP contribution in [0.2, 0.25) is 0 Å². The Morgan fingerprint density at radius 1 is 0.288 bits per heavy atom. The van der Waals surface area contributed by atoms with E-state index in [0.717, 1.165) is 17.1 Å². The average molecular weight is 664 g/mol. The molecule has 3 nitrogen and oxygen atoms in total. The van der Waals surface area contributed by atoms with Crippen LogP contribution in [0.25, 0.3) is 93.6 Å². The van der Waals surface area contributed by atoms with Gasteiger partial charge in [-0.1, -0.05) is 121 Å². The summed E-state index contributed by atoms with van der Waals surface area (Å²) in [6, 6.07) is 66.6. The molecule has 0 aliphatic carbocycles. The van der Waals surface area contributed by atoms with Gasteiger partial charge >= 0.3 is 0 Å². The molecule has 0 saturated heterocycles. The van der Waals surface area contributed by atoms with E-state index in [0.29, 0.717) is 0 Å². The van der Waals surface area contributed by atoms with Crippen molar-refractivity contribution >= 4 is 65.4 Å². The van der Waals surface area contributed by atoms with Gasteiger partial charge in [-0.3, -0.25) is 0 Å². The first kappa shape index (κ1) is 28.9. The summed E-state index contributed by atoms with van der Waals surface area (Å²) in [7, 11) is 0. The van der Waals surface area contributed by atoms with E-state index in [4.69, 9.17) is 0 Å². The minimum absolute atomic E-state index is 1.16. The average Bonchev–Trinajstić information content (AvgIpc) is 3.84. The Morgan fingerprint density at radius 3 is 1.33 bits per heavy atom. The SMILES string of the molecule is Cc1ccc(-n2c3ccc(-c4ccc(-n5c6ccccc6c6ccccc65)cc4)cc3c3ccc4c5ccccc5n(-c5ccccc5)c4c32)cc1. The first-order chi connectivity index (χ1) is 25.7. The van der Waals surface area contributed by atoms with Gasteiger partial charge in [-0.05, 0) is 84.8 Å². The molecule has 0 bridgehead atoms. The third kappa shape index (κ3) is 4.14. The van der Waals surface area contributed by atoms with Crippen molar-refractivity contribution in [3.8, 4) is 28.2 Å². The highest BCUT2D eigenvalue weighted by Gasteiger charge is 2.21. The van der Waals surface area contributed by atoms with Crippen molar-refractivity contribution in [3.63, 3.8) is 0 Å². The number of rotatable bonds is 4. The number of aryl methyl sites for hydroxylation is 1. The second kappa shape index (κ2) is 11.1. The van der Waals surface area contributed by atoms with E-state index in [2.05, 4.69) is 203 Å². The van der Waals surface area contributed by atoms with Crippen LogP contribution in [-0.2, 0) is 0 Å². The van der Waals surface area contributed by atoms with E-state index >= 15 is 0 Å². The number of para-hydroxylation sites is 4. The minimum Gasteiger partial charge on any atom is -0.309 e. The normalized spacial score (nSPS) is 11.9. The molecule has 0 saturated carbocycles. The topological polar surface area (TPSA) is 14.8 Å². The van der Waals surface area contributed by atoms with Crippen molar-refractivity contribution in [3.05, 3.63) is 188 Å². The van der Waals surface area contributed by atoms with Crippen molar-refractivity contribution < 1.29 is 0 Å². The monoisotopic (exact) mass is 663 g/mol. The third-order valence-electron chi connectivity index (χ3n) is 10.9. The molecule has 0 unspecified atom stereocenters. The molecule has 8 aromatic carbocycles. The Morgan fingerprint density at radius 2 is 0.712 bits per heavy atom. The lowest BCUT2D eigenvalue weighted by Crippen LogP contribution is -1.98. The molecule has 3 aromatic heterocycles. The van der Waals surface area contributed by atoms with Gasteiger partial charge in [0.15, 0.2) is 0 Å². The lowest BCUT2D eigenvalue weighted by Gasteiger charge is -2.13. The van der Waals surface area contributed by atoms with Crippen LogP contribution in [0.5, 0.6) is 0 Å². The van der Waals surface area contributed by atoms with Gasteiger partial charge in [-0.25, -0.2) is 0 Å². The van der Waals surface area contributed by atoms with Crippen LogP contribution in [0.1, 0.15) is 5.56 Å². The summed E-state index contributed by atoms with van der Waals surface area (Å²) in [6.45, 7) is 2.15. The van der Waals surface area contributed by atoms with E-state index in [1.807, 2.05) is 0 Å². The molecule has 0 N–H and O–H groups in total. The zero-order valence-corrected chi connectivity index (χ0v) is 28.7. The minimum atomic E-state index is 1.16. The van der Waals surface area contributed by atoms with Crippen LogP contribution >= 0.6 is 0 Å². The lowest BCUT2D eigenvalue weighted by atomic mass is 10.0. The standard InChI is InChI=1S/C49H33N3/c1-32-19-24-37(25-20-32)52-47-30-23-34(33-21-26-36(27-22-33)50-44-16-8-5-13-38(44)39-14-6-9-17-45(39)50)31-43(47)42-29-28-41-40-15-7-10-18-46(40)51(48(41)49(42)52)35-11-3-2-4-12-35/h2-31H,1H3. The van der Waals surface area contributed by atoms with Gasteiger partial charge in [-0.15, -0.1) is 0 Å². The number of aromatic nitrogens is 3. The van der Waals surface area contributed by atoms with E-state index in [-0.39, 0.29) is 0 Å². The van der Waals surface area contributed by atoms with E-state index in [9.17, 15) is 0 Å². The van der Waals surface area contributed by atoms with E-state index < -0.39 is 0 Å². The maximum atomic E-state index is 2.47. The van der Waals surface area contributed by atoms with Crippen LogP contribution in [0.4, 0.5) is 0 Å². The predicted octanol–water partition coefficient (Wildman–Crippen LogP) is 13.0. The Hall–Kier alpha value is -6.84. The fourth-order valence-electron chi connectivity index (χ4n) is 8.54. The van der Waals surface area contributed by atoms with Gasteiger partial charge in [-0.2, -0.15) is 0 Å². The molecule has 244 valence electrons. The van der Waals surface area contributed by atoms with Gasteiger partial charge in [0.2, 0.25) is 0 Å². The number of fused-ring (bicyclic) bond motifs is 10. The molecule has 0 fully saturated rings. The molecule has 11 rings (SSSR count). The summed E-state index contributed by atoms with van der Waals surface area (Å²) in [5.74, 6) is 0. The summed E-state index contributed by atoms with van der Waals surface area (Å²) < 4.78 is 7.30. The molecule has 3 heterocycles. The molecular formula is C49H33N3. The Kier molecular flexibility index (Phi) is 6.17. The summed E-state index contributed by atoms with van der Waals surface area (Å²) in [5.41, 5.74) is 14.4. The maximum absolute atomic E-state index is 2.47. The summed E-state index contributed by atoms with van der Waals surface area (Å²) in [6.07, 6.45) is 0. The highest BCUT2D eigenvalue weighted by Crippen LogP contribution is 2.43. The molecule has 0 amide bonds. The quantitative estimate of drug-likeness (QED) is 0.178. The van der Waals surface area contributed by atoms with Gasteiger partial charge in [0.1, 0.15) is 0 Å². The molecule has 0 aliphatic rings. The molecule has 11 aromatic rings. The smallest absolute Gasteiger partial charge is 0.0788 e. The second-order valence-electron chi connectivity index (χ2n) is 13.9. The Bertz CT molecular complexity index is 3100. The van der Waals surface area contributed by atoms with Crippen molar-refractivity contribution in [2.45, 2.75) is 6.92 Å². The van der Waals surface area contributed by atoms with Crippen molar-refractivity contribution in [1.82, 2.24) is 13.7 Å². The Balaban J connectivity index is 1.16. The number of hydrogen-bond acceptors (Lipinski definition) is 0. The summed E-state index contributed by atoms with van der Waals surface area (Å²) >= 11 is 0. The number of nitrogens with zero attached hydrogens (tertiary/aromatic N) is 3. The molecule has 0 aliphatic heterocycles. The van der Waals surface area contributed by atoms with Crippen LogP contribution in [-0.4, -0.2) is 13.7 Å². The van der Waals surface area contributed by atoms with Gasteiger partial charge in [0.05, 0.1) is 33.1 Å². The summed E-state index contributed by atoms with van der Waals surface area (Å²) in [5, 5.41) is 7.55. The van der Waals surface area contributed by atoms with E-state index in [1.54, 1.807) is 0 Å². The molecule has 52 heavy (non-hydrogen) atoms. The van der Waals surface area contributed by atoms with Gasteiger partial charge < -0.3 is 13.7 Å². The van der Waals surface area contributed by atoms with Gasteiger partial charge in [0, 0.05) is 49.4 Å². The fourth-order valence-corrected chi connectivity index (χ4v) is 8.54. The first-order valence-electron chi connectivity index (χ1n) is 17.9. The molecule has 0 spiro atoms. The summed E-state index contributed by atoms with van der Waals surface area (Å²) in [4.78, 5) is 0. The van der Waals surface area contributed by atoms with Crippen LogP contribution in [0.15, 0.2) is 182 Å². The first-order valence-corrected chi connectivity index (χ1v) is 17.9. The lowest BCUT2D eigenvalue weighted by molar-refractivity contribution is 1.15. The number of benzene rings is 8. The van der Waals surface area contributed by atoms with Crippen LogP contribution < -0.4 is 0 Å². The zero-order chi connectivity index (χ0) is 34.3. The van der Waals surface area contributed by atoms with E-state index in [1.165, 1.54) is 82.1 Å².